The average Bonchev–Trinajstić information content (AvgIpc) is 2.12. The number of hydrogen-bond acceptors (Lipinski definition) is 1. The second-order valence-electron chi connectivity index (χ2n) is 8.95. The zero-order valence-electron chi connectivity index (χ0n) is 14.9. The molecule has 0 amide bonds. The van der Waals surface area contributed by atoms with Crippen LogP contribution in [0.25, 0.3) is 0 Å². The Morgan fingerprint density at radius 3 is 1.58 bits per heavy atom. The summed E-state index contributed by atoms with van der Waals surface area (Å²) < 4.78 is 0. The summed E-state index contributed by atoms with van der Waals surface area (Å²) in [5, 5.41) is 10.7. The minimum atomic E-state index is -0.411. The maximum atomic E-state index is 10.7. The molecular weight excluding hydrogens is 230 g/mol. The highest BCUT2D eigenvalue weighted by atomic mass is 16.3. The average molecular weight is 264 g/mol. The molecule has 2 unspecified atom stereocenters. The maximum absolute atomic E-state index is 10.7. The lowest BCUT2D eigenvalue weighted by Crippen LogP contribution is -2.44. The van der Waals surface area contributed by atoms with Crippen molar-refractivity contribution in [3.05, 3.63) is 0 Å². The maximum Gasteiger partial charge on any atom is 0.156 e. The highest BCUT2D eigenvalue weighted by Gasteiger charge is 2.42. The molecule has 2 radical (unpaired) electrons. The van der Waals surface area contributed by atoms with Crippen molar-refractivity contribution in [1.82, 2.24) is 0 Å². The van der Waals surface area contributed by atoms with E-state index in [-0.39, 0.29) is 21.4 Å². The zero-order valence-corrected chi connectivity index (χ0v) is 14.9. The molecule has 0 aromatic rings. The van der Waals surface area contributed by atoms with Crippen LogP contribution in [0, 0.1) is 5.41 Å². The van der Waals surface area contributed by atoms with Crippen molar-refractivity contribution in [3.8, 4) is 0 Å². The van der Waals surface area contributed by atoms with Crippen molar-refractivity contribution in [2.24, 2.45) is 5.41 Å². The van der Waals surface area contributed by atoms with Crippen molar-refractivity contribution < 1.29 is 5.11 Å². The van der Waals surface area contributed by atoms with Crippen LogP contribution < -0.4 is 0 Å². The van der Waals surface area contributed by atoms with Gasteiger partial charge in [0.2, 0.25) is 0 Å². The lowest BCUT2D eigenvalue weighted by atomic mass is 9.30. The molecule has 0 saturated carbocycles. The van der Waals surface area contributed by atoms with Gasteiger partial charge in [-0.2, -0.15) is 0 Å². The van der Waals surface area contributed by atoms with Crippen LogP contribution in [0.1, 0.15) is 75.7 Å². The highest BCUT2D eigenvalue weighted by Crippen LogP contribution is 2.48. The van der Waals surface area contributed by atoms with Gasteiger partial charge in [-0.05, 0) is 10.7 Å². The Hall–Kier alpha value is 0.0899. The third-order valence-electron chi connectivity index (χ3n) is 4.71. The summed E-state index contributed by atoms with van der Waals surface area (Å²) in [6.45, 7) is 22.0. The molecule has 0 aliphatic heterocycles. The molecule has 0 saturated heterocycles. The number of hydrogen-bond donors (Lipinski definition) is 1. The predicted octanol–water partition coefficient (Wildman–Crippen LogP) is 4.76. The summed E-state index contributed by atoms with van der Waals surface area (Å²) in [7, 11) is 4.44. The third kappa shape index (κ3) is 5.53. The summed E-state index contributed by atoms with van der Waals surface area (Å²) >= 11 is 0. The van der Waals surface area contributed by atoms with Crippen molar-refractivity contribution in [2.45, 2.75) is 97.6 Å². The number of aliphatic hydroxyl groups excluding tert-OH is 1. The molecule has 3 heteroatoms. The number of aliphatic hydroxyl groups is 1. The topological polar surface area (TPSA) is 20.2 Å². The van der Waals surface area contributed by atoms with Gasteiger partial charge in [-0.1, -0.05) is 86.3 Å². The van der Waals surface area contributed by atoms with E-state index in [1.165, 1.54) is 0 Å². The monoisotopic (exact) mass is 264 g/mol. The Morgan fingerprint density at radius 2 is 1.32 bits per heavy atom. The molecule has 1 N–H and O–H groups in total. The van der Waals surface area contributed by atoms with Crippen LogP contribution in [0.15, 0.2) is 0 Å². The second kappa shape index (κ2) is 5.84. The fourth-order valence-corrected chi connectivity index (χ4v) is 2.22. The van der Waals surface area contributed by atoms with Crippen molar-refractivity contribution in [2.75, 3.05) is 0 Å². The molecule has 0 spiro atoms. The second-order valence-corrected chi connectivity index (χ2v) is 8.95. The minimum absolute atomic E-state index is 0.00539. The third-order valence-corrected chi connectivity index (χ3v) is 4.71. The van der Waals surface area contributed by atoms with Crippen LogP contribution in [0.3, 0.4) is 0 Å². The SMILES string of the molecule is CCC(C)([B]C(C)(C)C)C(O)[B]C(C)(C)C(C)(C)C. The normalized spacial score (nSPS) is 18.7. The lowest BCUT2D eigenvalue weighted by Gasteiger charge is -2.45. The van der Waals surface area contributed by atoms with Gasteiger partial charge in [0.25, 0.3) is 0 Å². The van der Waals surface area contributed by atoms with Gasteiger partial charge in [0.15, 0.2) is 7.28 Å². The molecule has 0 aromatic heterocycles. The molecule has 110 valence electrons. The van der Waals surface area contributed by atoms with Gasteiger partial charge in [0, 0.05) is 6.00 Å². The predicted molar refractivity (Wildman–Crippen MR) is 89.4 cm³/mol. The molecule has 0 aromatic carbocycles. The van der Waals surface area contributed by atoms with Crippen LogP contribution >= 0.6 is 0 Å². The molecular formula is C16H34B2O. The van der Waals surface area contributed by atoms with Gasteiger partial charge in [0.05, 0.1) is 0 Å². The van der Waals surface area contributed by atoms with Crippen LogP contribution in [-0.2, 0) is 0 Å². The summed E-state index contributed by atoms with van der Waals surface area (Å²) in [6, 6.07) is -0.411. The Bertz CT molecular complexity index is 286. The quantitative estimate of drug-likeness (QED) is 0.709. The van der Waals surface area contributed by atoms with E-state index < -0.39 is 6.00 Å². The van der Waals surface area contributed by atoms with Gasteiger partial charge in [-0.25, -0.2) is 0 Å². The molecule has 0 heterocycles. The summed E-state index contributed by atoms with van der Waals surface area (Å²) in [5.74, 6) is 0. The van der Waals surface area contributed by atoms with Gasteiger partial charge < -0.3 is 5.11 Å². The summed E-state index contributed by atoms with van der Waals surface area (Å²) in [6.07, 6.45) is 0.947. The Morgan fingerprint density at radius 1 is 0.895 bits per heavy atom. The Balaban J connectivity index is 5.02. The van der Waals surface area contributed by atoms with E-state index >= 15 is 0 Å². The van der Waals surface area contributed by atoms with Crippen LogP contribution in [-0.4, -0.2) is 25.7 Å². The largest absolute Gasteiger partial charge is 0.402 e. The molecule has 0 aliphatic rings. The fraction of sp³-hybridized carbons (Fsp3) is 1.00. The number of rotatable bonds is 5. The molecule has 0 bridgehead atoms. The first-order chi connectivity index (χ1) is 8.15. The van der Waals surface area contributed by atoms with Crippen molar-refractivity contribution >= 4 is 14.6 Å². The Labute approximate surface area is 123 Å². The minimum Gasteiger partial charge on any atom is -0.402 e. The van der Waals surface area contributed by atoms with E-state index in [0.29, 0.717) is 0 Å². The molecule has 0 rings (SSSR count). The van der Waals surface area contributed by atoms with E-state index in [2.05, 4.69) is 83.8 Å². The van der Waals surface area contributed by atoms with Crippen molar-refractivity contribution in [3.63, 3.8) is 0 Å². The van der Waals surface area contributed by atoms with Gasteiger partial charge in [-0.15, -0.1) is 0 Å². The van der Waals surface area contributed by atoms with Crippen LogP contribution in [0.4, 0.5) is 0 Å². The molecule has 2 atom stereocenters. The first kappa shape index (κ1) is 19.1. The van der Waals surface area contributed by atoms with E-state index in [1.54, 1.807) is 0 Å². The summed E-state index contributed by atoms with van der Waals surface area (Å²) in [5.41, 5.74) is 0.143. The van der Waals surface area contributed by atoms with E-state index in [1.807, 2.05) is 0 Å². The van der Waals surface area contributed by atoms with Crippen molar-refractivity contribution in [1.29, 1.82) is 0 Å². The first-order valence-electron chi connectivity index (χ1n) is 7.56. The van der Waals surface area contributed by atoms with Gasteiger partial charge in [0.1, 0.15) is 7.28 Å². The molecule has 19 heavy (non-hydrogen) atoms. The fourth-order valence-electron chi connectivity index (χ4n) is 2.22. The van der Waals surface area contributed by atoms with Gasteiger partial charge >= 0.3 is 0 Å². The standard InChI is InChI=1S/C16H34B2O/c1-11-16(10,18-14(5,6)7)12(19)17-15(8,9)13(2,3)4/h12,19H,11H2,1-10H3. The smallest absolute Gasteiger partial charge is 0.156 e. The van der Waals surface area contributed by atoms with Crippen LogP contribution in [0.5, 0.6) is 0 Å². The zero-order chi connectivity index (χ0) is 15.7. The van der Waals surface area contributed by atoms with Gasteiger partial charge in [-0.3, -0.25) is 0 Å². The lowest BCUT2D eigenvalue weighted by molar-refractivity contribution is 0.181. The molecule has 0 fully saturated rings. The van der Waals surface area contributed by atoms with E-state index in [9.17, 15) is 5.11 Å². The molecule has 1 nitrogen and oxygen atoms in total. The highest BCUT2D eigenvalue weighted by molar-refractivity contribution is 6.50. The van der Waals surface area contributed by atoms with Crippen LogP contribution in [0.2, 0.25) is 15.9 Å². The van der Waals surface area contributed by atoms with E-state index in [4.69, 9.17) is 0 Å². The Kier molecular flexibility index (Phi) is 5.86. The molecule has 0 aliphatic carbocycles. The summed E-state index contributed by atoms with van der Waals surface area (Å²) in [4.78, 5) is 0. The van der Waals surface area contributed by atoms with E-state index in [0.717, 1.165) is 6.42 Å². The first-order valence-corrected chi connectivity index (χ1v) is 7.56.